The van der Waals surface area contributed by atoms with Crippen LogP contribution in [-0.4, -0.2) is 55.5 Å². The Morgan fingerprint density at radius 2 is 1.86 bits per heavy atom. The quantitative estimate of drug-likeness (QED) is 0.267. The number of benzene rings is 2. The van der Waals surface area contributed by atoms with Gasteiger partial charge in [-0.25, -0.2) is 8.78 Å². The van der Waals surface area contributed by atoms with E-state index in [9.17, 15) is 9.59 Å². The molecule has 242 valence electrons. The third kappa shape index (κ3) is 7.71. The van der Waals surface area contributed by atoms with Crippen LogP contribution in [0.25, 0.3) is 0 Å². The maximum Gasteiger partial charge on any atom is 0.237 e. The van der Waals surface area contributed by atoms with Crippen LogP contribution in [0.3, 0.4) is 0 Å². The highest BCUT2D eigenvalue weighted by Crippen LogP contribution is 2.50. The molecule has 0 radical (unpaired) electrons. The fourth-order valence-electron chi connectivity index (χ4n) is 6.39. The van der Waals surface area contributed by atoms with Crippen LogP contribution in [0.1, 0.15) is 70.9 Å². The molecule has 4 rings (SSSR count). The zero-order valence-electron chi connectivity index (χ0n) is 25.7. The van der Waals surface area contributed by atoms with Gasteiger partial charge in [-0.05, 0) is 62.3 Å². The molecule has 2 fully saturated rings. The Morgan fingerprint density at radius 3 is 2.50 bits per heavy atom. The van der Waals surface area contributed by atoms with E-state index < -0.39 is 52.3 Å². The van der Waals surface area contributed by atoms with Crippen molar-refractivity contribution in [1.29, 1.82) is 0 Å². The number of amides is 2. The molecule has 2 amide bonds. The van der Waals surface area contributed by atoms with Crippen molar-refractivity contribution in [3.8, 4) is 0 Å². The summed E-state index contributed by atoms with van der Waals surface area (Å²) in [6.07, 6.45) is 1.25. The van der Waals surface area contributed by atoms with Gasteiger partial charge in [0.05, 0.1) is 29.3 Å². The number of nitrogens with one attached hydrogen (secondary N) is 3. The summed E-state index contributed by atoms with van der Waals surface area (Å²) in [5, 5.41) is 9.16. The summed E-state index contributed by atoms with van der Waals surface area (Å²) in [6, 6.07) is 6.95. The van der Waals surface area contributed by atoms with E-state index in [1.807, 2.05) is 27.7 Å². The van der Waals surface area contributed by atoms with E-state index in [0.717, 1.165) is 6.07 Å². The Kier molecular flexibility index (Phi) is 10.6. The van der Waals surface area contributed by atoms with Gasteiger partial charge in [-0.1, -0.05) is 55.2 Å². The molecule has 0 saturated carbocycles. The largest absolute Gasteiger partial charge is 0.356 e. The van der Waals surface area contributed by atoms with Crippen LogP contribution < -0.4 is 21.7 Å². The number of hydrogen-bond donors (Lipinski definition) is 4. The van der Waals surface area contributed by atoms with Crippen LogP contribution in [0.4, 0.5) is 8.78 Å². The van der Waals surface area contributed by atoms with Crippen molar-refractivity contribution in [1.82, 2.24) is 16.0 Å². The Balaban J connectivity index is 1.73. The standard InChI is InChI=1S/C32H42Cl2F2N4O4/c1-18(41)38-14-12-30(2,3)16-25-32(37,22-10-9-19(33)15-24(22)35)26(21-7-6-8-23(34)27(21)36)28(40-25)29(42)39-13-11-20-17-43-31(4,5)44-20/h6-10,15,20,25-26,28,40H,11-14,16-17,37H2,1-5H3,(H,38,41)(H,39,42)/t20-,25-,26-,28+,32+/m0/s1. The van der Waals surface area contributed by atoms with Gasteiger partial charge in [0.1, 0.15) is 11.6 Å². The lowest BCUT2D eigenvalue weighted by Crippen LogP contribution is -2.52. The number of rotatable bonds is 11. The smallest absolute Gasteiger partial charge is 0.237 e. The van der Waals surface area contributed by atoms with E-state index >= 15 is 8.78 Å². The summed E-state index contributed by atoms with van der Waals surface area (Å²) >= 11 is 12.3. The third-order valence-electron chi connectivity index (χ3n) is 8.57. The fourth-order valence-corrected chi connectivity index (χ4v) is 6.74. The lowest BCUT2D eigenvalue weighted by molar-refractivity contribution is -0.138. The van der Waals surface area contributed by atoms with E-state index in [1.165, 1.54) is 31.2 Å². The molecule has 5 N–H and O–H groups in total. The molecule has 2 aliphatic rings. The topological polar surface area (TPSA) is 115 Å². The second kappa shape index (κ2) is 13.6. The highest BCUT2D eigenvalue weighted by atomic mass is 35.5. The first kappa shape index (κ1) is 34.5. The van der Waals surface area contributed by atoms with Crippen LogP contribution >= 0.6 is 23.2 Å². The summed E-state index contributed by atoms with van der Waals surface area (Å²) in [6.45, 7) is 10.2. The van der Waals surface area contributed by atoms with Crippen molar-refractivity contribution in [2.45, 2.75) is 89.3 Å². The molecule has 0 aliphatic carbocycles. The van der Waals surface area contributed by atoms with Gasteiger partial charge in [0, 0.05) is 42.6 Å². The van der Waals surface area contributed by atoms with Gasteiger partial charge in [0.15, 0.2) is 5.79 Å². The van der Waals surface area contributed by atoms with Crippen LogP contribution in [-0.2, 0) is 24.6 Å². The second-order valence-electron chi connectivity index (χ2n) is 13.0. The molecule has 2 aliphatic heterocycles. The molecule has 5 atom stereocenters. The van der Waals surface area contributed by atoms with Crippen molar-refractivity contribution in [2.75, 3.05) is 19.7 Å². The highest BCUT2D eigenvalue weighted by Gasteiger charge is 2.58. The molecule has 0 aromatic heterocycles. The molecule has 0 bridgehead atoms. The molecule has 12 heteroatoms. The van der Waals surface area contributed by atoms with Crippen molar-refractivity contribution in [3.63, 3.8) is 0 Å². The normalized spacial score (nSPS) is 26.5. The fraction of sp³-hybridized carbons (Fsp3) is 0.562. The molecule has 2 heterocycles. The number of carbonyl (C=O) groups excluding carboxylic acids is 2. The monoisotopic (exact) mass is 654 g/mol. The van der Waals surface area contributed by atoms with Crippen molar-refractivity contribution < 1.29 is 27.8 Å². The molecule has 2 aromatic rings. The first-order chi connectivity index (χ1) is 20.5. The van der Waals surface area contributed by atoms with Crippen LogP contribution in [0.2, 0.25) is 10.0 Å². The molecule has 8 nitrogen and oxygen atoms in total. The summed E-state index contributed by atoms with van der Waals surface area (Å²) in [4.78, 5) is 25.4. The number of carbonyl (C=O) groups is 2. The summed E-state index contributed by atoms with van der Waals surface area (Å²) in [7, 11) is 0. The summed E-state index contributed by atoms with van der Waals surface area (Å²) in [5.41, 5.74) is 5.45. The predicted molar refractivity (Wildman–Crippen MR) is 166 cm³/mol. The lowest BCUT2D eigenvalue weighted by atomic mass is 9.67. The van der Waals surface area contributed by atoms with E-state index in [2.05, 4.69) is 16.0 Å². The van der Waals surface area contributed by atoms with E-state index in [1.54, 1.807) is 6.07 Å². The minimum Gasteiger partial charge on any atom is -0.356 e. The van der Waals surface area contributed by atoms with Gasteiger partial charge >= 0.3 is 0 Å². The molecule has 0 unspecified atom stereocenters. The number of nitrogens with two attached hydrogens (primary N) is 1. The Bertz CT molecular complexity index is 1380. The van der Waals surface area contributed by atoms with Gasteiger partial charge in [0.25, 0.3) is 0 Å². The average molecular weight is 656 g/mol. The first-order valence-corrected chi connectivity index (χ1v) is 15.6. The van der Waals surface area contributed by atoms with Gasteiger partial charge in [-0.15, -0.1) is 0 Å². The Morgan fingerprint density at radius 1 is 1.14 bits per heavy atom. The maximum absolute atomic E-state index is 15.8. The number of hydrogen-bond acceptors (Lipinski definition) is 6. The lowest BCUT2D eigenvalue weighted by Gasteiger charge is -2.40. The molecular formula is C32H42Cl2F2N4O4. The summed E-state index contributed by atoms with van der Waals surface area (Å²) in [5.74, 6) is -3.72. The maximum atomic E-state index is 15.8. The van der Waals surface area contributed by atoms with Crippen LogP contribution in [0, 0.1) is 17.0 Å². The first-order valence-electron chi connectivity index (χ1n) is 14.8. The summed E-state index contributed by atoms with van der Waals surface area (Å²) < 4.78 is 43.1. The molecule has 0 spiro atoms. The van der Waals surface area contributed by atoms with Crippen LogP contribution in [0.15, 0.2) is 36.4 Å². The molecule has 2 saturated heterocycles. The minimum atomic E-state index is -1.61. The Hall–Kier alpha value is -2.34. The van der Waals surface area contributed by atoms with Crippen molar-refractivity contribution >= 4 is 35.0 Å². The van der Waals surface area contributed by atoms with E-state index in [0.29, 0.717) is 32.4 Å². The average Bonchev–Trinajstić information content (AvgIpc) is 3.41. The molecule has 2 aromatic carbocycles. The Labute approximate surface area is 267 Å². The van der Waals surface area contributed by atoms with Crippen molar-refractivity contribution in [2.24, 2.45) is 11.1 Å². The number of halogens is 4. The zero-order chi connectivity index (χ0) is 32.4. The van der Waals surface area contributed by atoms with Gasteiger partial charge < -0.3 is 31.2 Å². The second-order valence-corrected chi connectivity index (χ2v) is 13.9. The van der Waals surface area contributed by atoms with E-state index in [-0.39, 0.29) is 39.7 Å². The van der Waals surface area contributed by atoms with Gasteiger partial charge in [-0.2, -0.15) is 0 Å². The van der Waals surface area contributed by atoms with Crippen LogP contribution in [0.5, 0.6) is 0 Å². The number of ether oxygens (including phenoxy) is 2. The minimum absolute atomic E-state index is 0.0924. The third-order valence-corrected chi connectivity index (χ3v) is 9.09. The van der Waals surface area contributed by atoms with Gasteiger partial charge in [0.2, 0.25) is 11.8 Å². The predicted octanol–water partition coefficient (Wildman–Crippen LogP) is 5.15. The van der Waals surface area contributed by atoms with Crippen molar-refractivity contribution in [3.05, 3.63) is 69.2 Å². The highest BCUT2D eigenvalue weighted by molar-refractivity contribution is 6.31. The zero-order valence-corrected chi connectivity index (χ0v) is 27.3. The molecule has 44 heavy (non-hydrogen) atoms. The van der Waals surface area contributed by atoms with E-state index in [4.69, 9.17) is 38.4 Å². The SMILES string of the molecule is CC(=O)NCCC(C)(C)C[C@@H]1N[C@@H](C(=O)NCC[C@H]2COC(C)(C)O2)[C@H](c2cccc(Cl)c2F)[C@@]1(N)c1ccc(Cl)cc1F. The van der Waals surface area contributed by atoms with Gasteiger partial charge in [-0.3, -0.25) is 9.59 Å². The molecular weight excluding hydrogens is 613 g/mol.